The molecule has 0 spiro atoms. The van der Waals surface area contributed by atoms with E-state index in [1.54, 1.807) is 27.8 Å². The molecule has 0 aromatic rings. The van der Waals surface area contributed by atoms with Gasteiger partial charge in [-0.2, -0.15) is 0 Å². The molecule has 1 aliphatic heterocycles. The highest BCUT2D eigenvalue weighted by Gasteiger charge is 2.23. The molecule has 0 fully saturated rings. The van der Waals surface area contributed by atoms with E-state index in [-0.39, 0.29) is 30.7 Å². The van der Waals surface area contributed by atoms with E-state index in [1.807, 2.05) is 0 Å². The summed E-state index contributed by atoms with van der Waals surface area (Å²) in [5.74, 6) is -0.890. The van der Waals surface area contributed by atoms with Crippen molar-refractivity contribution in [2.45, 2.75) is 39.2 Å². The summed E-state index contributed by atoms with van der Waals surface area (Å²) < 4.78 is 5.20. The first-order valence-electron chi connectivity index (χ1n) is 7.84. The highest BCUT2D eigenvalue weighted by atomic mass is 16.6. The molecule has 1 heterocycles. The first-order chi connectivity index (χ1) is 11.1. The summed E-state index contributed by atoms with van der Waals surface area (Å²) in [6, 6.07) is 0. The van der Waals surface area contributed by atoms with Crippen LogP contribution in [0.5, 0.6) is 0 Å². The van der Waals surface area contributed by atoms with Gasteiger partial charge in [-0.05, 0) is 27.2 Å². The van der Waals surface area contributed by atoms with Gasteiger partial charge in [0.2, 0.25) is 5.91 Å². The lowest BCUT2D eigenvalue weighted by atomic mass is 10.2. The zero-order valence-electron chi connectivity index (χ0n) is 14.6. The quantitative estimate of drug-likeness (QED) is 0.688. The normalized spacial score (nSPS) is 14.1. The van der Waals surface area contributed by atoms with E-state index in [4.69, 9.17) is 4.74 Å². The molecule has 0 aromatic heterocycles. The van der Waals surface area contributed by atoms with Crippen LogP contribution in [0.3, 0.4) is 0 Å². The predicted molar refractivity (Wildman–Crippen MR) is 87.0 cm³/mol. The number of imide groups is 1. The van der Waals surface area contributed by atoms with Crippen molar-refractivity contribution in [2.24, 2.45) is 0 Å². The van der Waals surface area contributed by atoms with Crippen molar-refractivity contribution in [1.82, 2.24) is 15.1 Å². The zero-order valence-corrected chi connectivity index (χ0v) is 14.6. The molecule has 134 valence electrons. The largest absolute Gasteiger partial charge is 0.444 e. The van der Waals surface area contributed by atoms with E-state index in [1.165, 1.54) is 17.1 Å². The monoisotopic (exact) mass is 339 g/mol. The Morgan fingerprint density at radius 2 is 1.79 bits per heavy atom. The summed E-state index contributed by atoms with van der Waals surface area (Å²) in [6.45, 7) is 6.20. The van der Waals surface area contributed by atoms with Crippen LogP contribution in [0.4, 0.5) is 4.79 Å². The second-order valence-corrected chi connectivity index (χ2v) is 6.52. The number of nitrogens with one attached hydrogen (secondary N) is 1. The Morgan fingerprint density at radius 1 is 1.21 bits per heavy atom. The van der Waals surface area contributed by atoms with Crippen LogP contribution in [-0.2, 0) is 19.1 Å². The van der Waals surface area contributed by atoms with Gasteiger partial charge < -0.3 is 15.0 Å². The molecule has 8 heteroatoms. The van der Waals surface area contributed by atoms with Gasteiger partial charge in [0.25, 0.3) is 11.8 Å². The Kier molecular flexibility index (Phi) is 6.94. The maximum absolute atomic E-state index is 11.7. The van der Waals surface area contributed by atoms with Gasteiger partial charge in [0, 0.05) is 45.3 Å². The molecule has 0 unspecified atom stereocenters. The van der Waals surface area contributed by atoms with Gasteiger partial charge in [-0.3, -0.25) is 19.3 Å². The van der Waals surface area contributed by atoms with Gasteiger partial charge in [0.15, 0.2) is 0 Å². The molecule has 24 heavy (non-hydrogen) atoms. The molecule has 0 bridgehead atoms. The molecular formula is C16H25N3O5. The van der Waals surface area contributed by atoms with Crippen LogP contribution in [-0.4, -0.2) is 65.9 Å². The van der Waals surface area contributed by atoms with Crippen molar-refractivity contribution in [3.05, 3.63) is 12.2 Å². The number of likely N-dealkylation sites (N-methyl/N-ethyl adjacent to an activating group) is 1. The van der Waals surface area contributed by atoms with Crippen LogP contribution in [0.15, 0.2) is 12.2 Å². The molecule has 0 radical (unpaired) electrons. The fourth-order valence-corrected chi connectivity index (χ4v) is 1.93. The lowest BCUT2D eigenvalue weighted by Crippen LogP contribution is -2.39. The number of hydrogen-bond donors (Lipinski definition) is 1. The van der Waals surface area contributed by atoms with Gasteiger partial charge >= 0.3 is 6.09 Å². The molecule has 4 amide bonds. The standard InChI is InChI=1S/C16H25N3O5/c1-16(2,3)24-15(23)18(4)11-9-17-12(20)6-5-10-19-13(21)7-8-14(19)22/h7-8H,5-6,9-11H2,1-4H3,(H,17,20). The van der Waals surface area contributed by atoms with Crippen LogP contribution in [0.1, 0.15) is 33.6 Å². The van der Waals surface area contributed by atoms with E-state index in [9.17, 15) is 19.2 Å². The lowest BCUT2D eigenvalue weighted by molar-refractivity contribution is -0.137. The van der Waals surface area contributed by atoms with Gasteiger partial charge in [-0.25, -0.2) is 4.79 Å². The average Bonchev–Trinajstić information content (AvgIpc) is 2.77. The SMILES string of the molecule is CN(CCNC(=O)CCCN1C(=O)C=CC1=O)C(=O)OC(C)(C)C. The smallest absolute Gasteiger partial charge is 0.410 e. The number of carbonyl (C=O) groups is 4. The van der Waals surface area contributed by atoms with E-state index in [0.717, 1.165) is 4.90 Å². The molecule has 1 N–H and O–H groups in total. The molecule has 1 aliphatic rings. The van der Waals surface area contributed by atoms with E-state index < -0.39 is 11.7 Å². The number of amides is 4. The van der Waals surface area contributed by atoms with Gasteiger partial charge in [-0.1, -0.05) is 0 Å². The molecule has 0 aliphatic carbocycles. The highest BCUT2D eigenvalue weighted by molar-refractivity contribution is 6.12. The third-order valence-corrected chi connectivity index (χ3v) is 3.16. The van der Waals surface area contributed by atoms with Crippen LogP contribution < -0.4 is 5.32 Å². The summed E-state index contributed by atoms with van der Waals surface area (Å²) in [7, 11) is 1.60. The first kappa shape index (κ1) is 19.7. The van der Waals surface area contributed by atoms with Gasteiger partial charge in [0.05, 0.1) is 0 Å². The molecule has 0 atom stereocenters. The first-order valence-corrected chi connectivity index (χ1v) is 7.84. The van der Waals surface area contributed by atoms with Crippen molar-refractivity contribution in [3.8, 4) is 0 Å². The Hall–Kier alpha value is -2.38. The Balaban J connectivity index is 2.17. The van der Waals surface area contributed by atoms with Gasteiger partial charge in [0.1, 0.15) is 5.60 Å². The molecule has 0 saturated carbocycles. The molecule has 8 nitrogen and oxygen atoms in total. The minimum Gasteiger partial charge on any atom is -0.444 e. The third kappa shape index (κ3) is 6.80. The highest BCUT2D eigenvalue weighted by Crippen LogP contribution is 2.08. The van der Waals surface area contributed by atoms with Crippen molar-refractivity contribution in [1.29, 1.82) is 0 Å². The summed E-state index contributed by atoms with van der Waals surface area (Å²) in [4.78, 5) is 48.6. The third-order valence-electron chi connectivity index (χ3n) is 3.16. The van der Waals surface area contributed by atoms with E-state index in [2.05, 4.69) is 5.32 Å². The minimum absolute atomic E-state index is 0.195. The molecule has 0 saturated heterocycles. The van der Waals surface area contributed by atoms with Crippen molar-refractivity contribution in [2.75, 3.05) is 26.7 Å². The van der Waals surface area contributed by atoms with E-state index in [0.29, 0.717) is 19.5 Å². The Morgan fingerprint density at radius 3 is 2.33 bits per heavy atom. The minimum atomic E-state index is -0.562. The number of nitrogens with zero attached hydrogens (tertiary/aromatic N) is 2. The summed E-state index contributed by atoms with van der Waals surface area (Å²) in [5, 5.41) is 2.69. The lowest BCUT2D eigenvalue weighted by Gasteiger charge is -2.24. The van der Waals surface area contributed by atoms with E-state index >= 15 is 0 Å². The van der Waals surface area contributed by atoms with Crippen LogP contribution in [0.2, 0.25) is 0 Å². The molecule has 0 aromatic carbocycles. The number of hydrogen-bond acceptors (Lipinski definition) is 5. The maximum atomic E-state index is 11.7. The molecule has 1 rings (SSSR count). The fourth-order valence-electron chi connectivity index (χ4n) is 1.93. The maximum Gasteiger partial charge on any atom is 0.410 e. The fraction of sp³-hybridized carbons (Fsp3) is 0.625. The van der Waals surface area contributed by atoms with Crippen molar-refractivity contribution in [3.63, 3.8) is 0 Å². The summed E-state index contributed by atoms with van der Waals surface area (Å²) in [5.41, 5.74) is -0.562. The van der Waals surface area contributed by atoms with Crippen molar-refractivity contribution < 1.29 is 23.9 Å². The number of ether oxygens (including phenoxy) is 1. The number of carbonyl (C=O) groups excluding carboxylic acids is 4. The second-order valence-electron chi connectivity index (χ2n) is 6.52. The van der Waals surface area contributed by atoms with Crippen LogP contribution in [0.25, 0.3) is 0 Å². The van der Waals surface area contributed by atoms with Crippen molar-refractivity contribution >= 4 is 23.8 Å². The van der Waals surface area contributed by atoms with Crippen LogP contribution >= 0.6 is 0 Å². The summed E-state index contributed by atoms with van der Waals surface area (Å²) >= 11 is 0. The second kappa shape index (κ2) is 8.47. The predicted octanol–water partition coefficient (Wildman–Crippen LogP) is 0.675. The molecular weight excluding hydrogens is 314 g/mol. The zero-order chi connectivity index (χ0) is 18.3. The van der Waals surface area contributed by atoms with Gasteiger partial charge in [-0.15, -0.1) is 0 Å². The average molecular weight is 339 g/mol. The Bertz CT molecular complexity index is 518. The van der Waals surface area contributed by atoms with Crippen LogP contribution in [0, 0.1) is 0 Å². The Labute approximate surface area is 141 Å². The summed E-state index contributed by atoms with van der Waals surface area (Å²) in [6.07, 6.45) is 2.58. The number of rotatable bonds is 7. The topological polar surface area (TPSA) is 96.0 Å².